The molecule has 1 aliphatic rings. The summed E-state index contributed by atoms with van der Waals surface area (Å²) < 4.78 is 45.6. The molecule has 3 heterocycles. The SMILES string of the molecule is C/C=C/c1c(C#CCNc2ccc(S(C)(=O)=O)cc2OC)nc2c(N[C@@H]3CCN(C)C[C@@H]3F)cccn12. The summed E-state index contributed by atoms with van der Waals surface area (Å²) in [5.41, 5.74) is 3.54. The van der Waals surface area contributed by atoms with Crippen molar-refractivity contribution >= 4 is 32.9 Å². The number of nitrogens with one attached hydrogen (secondary N) is 2. The topological polar surface area (TPSA) is 88.0 Å². The van der Waals surface area contributed by atoms with E-state index >= 15 is 0 Å². The van der Waals surface area contributed by atoms with Crippen LogP contribution < -0.4 is 15.4 Å². The predicted molar refractivity (Wildman–Crippen MR) is 146 cm³/mol. The van der Waals surface area contributed by atoms with Gasteiger partial charge in [-0.05, 0) is 56.7 Å². The number of alkyl halides is 1. The number of ether oxygens (including phenoxy) is 1. The van der Waals surface area contributed by atoms with Gasteiger partial charge in [-0.25, -0.2) is 17.8 Å². The Morgan fingerprint density at radius 1 is 1.30 bits per heavy atom. The smallest absolute Gasteiger partial charge is 0.175 e. The minimum atomic E-state index is -3.34. The molecule has 0 unspecified atom stereocenters. The first kappa shape index (κ1) is 26.5. The third-order valence-corrected chi connectivity index (χ3v) is 7.38. The van der Waals surface area contributed by atoms with Crippen LogP contribution in [0.25, 0.3) is 11.7 Å². The summed E-state index contributed by atoms with van der Waals surface area (Å²) in [5.74, 6) is 6.64. The molecule has 1 aromatic carbocycles. The van der Waals surface area contributed by atoms with Crippen LogP contribution in [0.2, 0.25) is 0 Å². The van der Waals surface area contributed by atoms with Gasteiger partial charge in [-0.15, -0.1) is 0 Å². The maximum absolute atomic E-state index is 14.7. The zero-order valence-electron chi connectivity index (χ0n) is 21.5. The van der Waals surface area contributed by atoms with Gasteiger partial charge in [-0.3, -0.25) is 4.40 Å². The maximum atomic E-state index is 14.7. The van der Waals surface area contributed by atoms with E-state index in [0.717, 1.165) is 24.2 Å². The van der Waals surface area contributed by atoms with Crippen LogP contribution >= 0.6 is 0 Å². The van der Waals surface area contributed by atoms with Gasteiger partial charge in [0.15, 0.2) is 15.5 Å². The van der Waals surface area contributed by atoms with E-state index in [1.807, 2.05) is 53.8 Å². The predicted octanol–water partition coefficient (Wildman–Crippen LogP) is 3.70. The van der Waals surface area contributed by atoms with Gasteiger partial charge < -0.3 is 20.3 Å². The maximum Gasteiger partial charge on any atom is 0.175 e. The number of hydrogen-bond acceptors (Lipinski definition) is 7. The van der Waals surface area contributed by atoms with Crippen molar-refractivity contribution in [3.63, 3.8) is 0 Å². The normalized spacial score (nSPS) is 18.5. The lowest BCUT2D eigenvalue weighted by Crippen LogP contribution is -2.46. The van der Waals surface area contributed by atoms with Gasteiger partial charge in [0, 0.05) is 31.6 Å². The molecule has 0 aliphatic carbocycles. The summed E-state index contributed by atoms with van der Waals surface area (Å²) in [6, 6.07) is 8.23. The molecule has 2 aromatic heterocycles. The van der Waals surface area contributed by atoms with Crippen molar-refractivity contribution in [3.8, 4) is 17.6 Å². The van der Waals surface area contributed by atoms with Gasteiger partial charge in [-0.2, -0.15) is 0 Å². The molecular formula is C27H32FN5O3S. The van der Waals surface area contributed by atoms with E-state index in [1.54, 1.807) is 6.07 Å². The van der Waals surface area contributed by atoms with Crippen molar-refractivity contribution in [2.75, 3.05) is 50.7 Å². The lowest BCUT2D eigenvalue weighted by Gasteiger charge is -2.33. The Bertz CT molecular complexity index is 1470. The van der Waals surface area contributed by atoms with E-state index in [-0.39, 0.29) is 10.9 Å². The molecule has 1 saturated heterocycles. The number of fused-ring (bicyclic) bond motifs is 1. The summed E-state index contributed by atoms with van der Waals surface area (Å²) in [6.45, 7) is 3.47. The molecule has 1 aliphatic heterocycles. The first-order valence-corrected chi connectivity index (χ1v) is 13.9. The van der Waals surface area contributed by atoms with E-state index in [4.69, 9.17) is 9.72 Å². The molecule has 4 rings (SSSR count). The number of rotatable bonds is 7. The highest BCUT2D eigenvalue weighted by Crippen LogP contribution is 2.28. The number of sulfone groups is 1. The molecule has 2 atom stereocenters. The Balaban J connectivity index is 1.57. The van der Waals surface area contributed by atoms with Crippen LogP contribution in [-0.4, -0.2) is 75.0 Å². The number of likely N-dealkylation sites (tertiary alicyclic amines) is 1. The van der Waals surface area contributed by atoms with E-state index in [0.29, 0.717) is 42.3 Å². The number of pyridine rings is 1. The molecule has 2 N–H and O–H groups in total. The fourth-order valence-electron chi connectivity index (χ4n) is 4.34. The first-order chi connectivity index (χ1) is 17.7. The van der Waals surface area contributed by atoms with Crippen molar-refractivity contribution in [3.05, 3.63) is 54.0 Å². The second kappa shape index (κ2) is 11.2. The second-order valence-electron chi connectivity index (χ2n) is 9.07. The van der Waals surface area contributed by atoms with Crippen molar-refractivity contribution in [1.82, 2.24) is 14.3 Å². The Hall–Kier alpha value is -3.55. The number of anilines is 2. The second-order valence-corrected chi connectivity index (χ2v) is 11.1. The summed E-state index contributed by atoms with van der Waals surface area (Å²) in [5, 5.41) is 6.54. The average Bonchev–Trinajstić information content (AvgIpc) is 3.21. The number of methoxy groups -OCH3 is 1. The highest BCUT2D eigenvalue weighted by atomic mass is 32.2. The highest BCUT2D eigenvalue weighted by molar-refractivity contribution is 7.90. The molecule has 8 nitrogen and oxygen atoms in total. The molecule has 0 radical (unpaired) electrons. The van der Waals surface area contributed by atoms with Crippen molar-refractivity contribution < 1.29 is 17.5 Å². The minimum Gasteiger partial charge on any atom is -0.495 e. The molecule has 3 aromatic rings. The van der Waals surface area contributed by atoms with Crippen LogP contribution in [0.5, 0.6) is 5.75 Å². The van der Waals surface area contributed by atoms with E-state index in [1.165, 1.54) is 19.2 Å². The zero-order chi connectivity index (χ0) is 26.6. The third kappa shape index (κ3) is 6.06. The third-order valence-electron chi connectivity index (χ3n) is 6.27. The molecule has 0 saturated carbocycles. The fourth-order valence-corrected chi connectivity index (χ4v) is 4.98. The molecule has 1 fully saturated rings. The number of halogens is 1. The molecule has 0 amide bonds. The summed E-state index contributed by atoms with van der Waals surface area (Å²) in [4.78, 5) is 6.96. The van der Waals surface area contributed by atoms with Gasteiger partial charge in [0.1, 0.15) is 17.6 Å². The lowest BCUT2D eigenvalue weighted by molar-refractivity contribution is 0.149. The van der Waals surface area contributed by atoms with Gasteiger partial charge in [0.05, 0.1) is 41.7 Å². The Kier molecular flexibility index (Phi) is 8.05. The van der Waals surface area contributed by atoms with Crippen LogP contribution in [0.4, 0.5) is 15.8 Å². The van der Waals surface area contributed by atoms with Crippen LogP contribution in [0.3, 0.4) is 0 Å². The first-order valence-electron chi connectivity index (χ1n) is 12.0. The Morgan fingerprint density at radius 2 is 2.11 bits per heavy atom. The molecule has 37 heavy (non-hydrogen) atoms. The lowest BCUT2D eigenvalue weighted by atomic mass is 10.0. The molecular weight excluding hydrogens is 493 g/mol. The number of allylic oxidation sites excluding steroid dienone is 1. The monoisotopic (exact) mass is 525 g/mol. The summed E-state index contributed by atoms with van der Waals surface area (Å²) >= 11 is 0. The molecule has 0 bridgehead atoms. The van der Waals surface area contributed by atoms with Crippen molar-refractivity contribution in [2.24, 2.45) is 0 Å². The molecule has 0 spiro atoms. The van der Waals surface area contributed by atoms with Gasteiger partial charge in [-0.1, -0.05) is 12.0 Å². The molecule has 10 heteroatoms. The van der Waals surface area contributed by atoms with Crippen LogP contribution in [0.15, 0.2) is 47.5 Å². The van der Waals surface area contributed by atoms with E-state index in [9.17, 15) is 12.8 Å². The number of imidazole rings is 1. The van der Waals surface area contributed by atoms with Gasteiger partial charge in [0.25, 0.3) is 0 Å². The number of piperidine rings is 1. The minimum absolute atomic E-state index is 0.186. The van der Waals surface area contributed by atoms with E-state index < -0.39 is 16.0 Å². The van der Waals surface area contributed by atoms with Crippen molar-refractivity contribution in [1.29, 1.82) is 0 Å². The highest BCUT2D eigenvalue weighted by Gasteiger charge is 2.28. The van der Waals surface area contributed by atoms with Gasteiger partial charge >= 0.3 is 0 Å². The van der Waals surface area contributed by atoms with Crippen LogP contribution in [-0.2, 0) is 9.84 Å². The number of aromatic nitrogens is 2. The molecule has 196 valence electrons. The fraction of sp³-hybridized carbons (Fsp3) is 0.370. The number of nitrogens with zero attached hydrogens (tertiary/aromatic N) is 3. The summed E-state index contributed by atoms with van der Waals surface area (Å²) in [7, 11) is 0.0833. The zero-order valence-corrected chi connectivity index (χ0v) is 22.3. The Labute approximate surface area is 217 Å². The summed E-state index contributed by atoms with van der Waals surface area (Å²) in [6.07, 6.45) is 6.70. The van der Waals surface area contributed by atoms with Crippen LogP contribution in [0, 0.1) is 11.8 Å². The van der Waals surface area contributed by atoms with Crippen LogP contribution in [0.1, 0.15) is 24.7 Å². The standard InChI is InChI=1S/C27H32FN5O3S/c1-5-8-25-22(9-6-14-29-23-12-11-19(37(4,34)35)17-26(23)36-3)31-27-24(10-7-15-33(25)27)30-21-13-16-32(2)18-20(21)28/h5,7-8,10-12,15,17,20-21,29-30H,13-14,16,18H2,1-4H3/b8-5+/t20-,21+/m0/s1. The Morgan fingerprint density at radius 3 is 2.81 bits per heavy atom. The largest absolute Gasteiger partial charge is 0.495 e. The average molecular weight is 526 g/mol. The number of hydrogen-bond donors (Lipinski definition) is 2. The van der Waals surface area contributed by atoms with E-state index in [2.05, 4.69) is 22.5 Å². The van der Waals surface area contributed by atoms with Crippen molar-refractivity contribution in [2.45, 2.75) is 30.5 Å². The quantitative estimate of drug-likeness (QED) is 0.455. The number of benzene rings is 1. The van der Waals surface area contributed by atoms with Gasteiger partial charge in [0.2, 0.25) is 0 Å².